The number of nitrogens with zero attached hydrogens (tertiary/aromatic N) is 1. The van der Waals surface area contributed by atoms with Gasteiger partial charge in [-0.25, -0.2) is 0 Å². The molecule has 0 fully saturated rings. The van der Waals surface area contributed by atoms with E-state index in [0.29, 0.717) is 5.92 Å². The second-order valence-electron chi connectivity index (χ2n) is 6.08. The van der Waals surface area contributed by atoms with Crippen LogP contribution in [0.3, 0.4) is 0 Å². The van der Waals surface area contributed by atoms with Gasteiger partial charge in [0, 0.05) is 26.2 Å². The summed E-state index contributed by atoms with van der Waals surface area (Å²) in [7, 11) is 3.48. The highest BCUT2D eigenvalue weighted by Gasteiger charge is 2.19. The van der Waals surface area contributed by atoms with Crippen LogP contribution < -0.4 is 10.1 Å². The average molecular weight is 292 g/mol. The minimum absolute atomic E-state index is 0.0284. The van der Waals surface area contributed by atoms with Gasteiger partial charge in [-0.2, -0.15) is 0 Å². The maximum absolute atomic E-state index is 12.0. The molecule has 1 aromatic carbocycles. The summed E-state index contributed by atoms with van der Waals surface area (Å²) in [5.74, 6) is 1.39. The van der Waals surface area contributed by atoms with Crippen LogP contribution in [0.2, 0.25) is 0 Å². The zero-order valence-electron chi connectivity index (χ0n) is 14.1. The number of carbonyl (C=O) groups is 1. The molecule has 1 amide bonds. The van der Waals surface area contributed by atoms with E-state index >= 15 is 0 Å². The van der Waals surface area contributed by atoms with Gasteiger partial charge in [0.15, 0.2) is 6.10 Å². The fourth-order valence-electron chi connectivity index (χ4n) is 2.11. The van der Waals surface area contributed by atoms with Crippen LogP contribution in [0.25, 0.3) is 0 Å². The number of rotatable bonds is 7. The van der Waals surface area contributed by atoms with Crippen LogP contribution in [0.4, 0.5) is 0 Å². The second kappa shape index (κ2) is 8.03. The highest BCUT2D eigenvalue weighted by Crippen LogP contribution is 2.25. The summed E-state index contributed by atoms with van der Waals surface area (Å²) >= 11 is 0. The zero-order chi connectivity index (χ0) is 16.0. The smallest absolute Gasteiger partial charge is 0.262 e. The van der Waals surface area contributed by atoms with Gasteiger partial charge < -0.3 is 15.0 Å². The first-order chi connectivity index (χ1) is 9.82. The minimum Gasteiger partial charge on any atom is -0.480 e. The van der Waals surface area contributed by atoms with Gasteiger partial charge in [0.05, 0.1) is 0 Å². The van der Waals surface area contributed by atoms with Crippen LogP contribution in [0.15, 0.2) is 18.2 Å². The molecule has 1 aromatic rings. The van der Waals surface area contributed by atoms with Crippen LogP contribution in [0, 0.1) is 12.8 Å². The van der Waals surface area contributed by atoms with Gasteiger partial charge in [-0.3, -0.25) is 4.79 Å². The number of amides is 1. The van der Waals surface area contributed by atoms with E-state index in [9.17, 15) is 4.79 Å². The number of aryl methyl sites for hydroxylation is 1. The fourth-order valence-corrected chi connectivity index (χ4v) is 2.11. The Balaban J connectivity index is 2.82. The third kappa shape index (κ3) is 5.38. The molecular formula is C17H28N2O2. The lowest BCUT2D eigenvalue weighted by Gasteiger charge is -2.21. The number of para-hydroxylation sites is 1. The molecule has 0 aliphatic rings. The number of benzene rings is 1. The Labute approximate surface area is 128 Å². The van der Waals surface area contributed by atoms with Crippen LogP contribution in [-0.2, 0) is 11.3 Å². The molecule has 0 aliphatic carbocycles. The number of ether oxygens (including phenoxy) is 1. The predicted octanol–water partition coefficient (Wildman–Crippen LogP) is 2.60. The molecule has 0 radical (unpaired) electrons. The lowest BCUT2D eigenvalue weighted by atomic mass is 10.1. The van der Waals surface area contributed by atoms with Crippen LogP contribution >= 0.6 is 0 Å². The molecule has 0 spiro atoms. The van der Waals surface area contributed by atoms with Gasteiger partial charge in [-0.15, -0.1) is 0 Å². The van der Waals surface area contributed by atoms with Crippen molar-refractivity contribution >= 4 is 5.91 Å². The standard InChI is InChI=1S/C17H28N2O2/c1-12(2)10-18-11-15-9-7-8-13(3)16(15)21-14(4)17(20)19(5)6/h7-9,12,14,18H,10-11H2,1-6H3. The van der Waals surface area contributed by atoms with Gasteiger partial charge in [0.25, 0.3) is 5.91 Å². The fraction of sp³-hybridized carbons (Fsp3) is 0.588. The lowest BCUT2D eigenvalue weighted by Crippen LogP contribution is -2.35. The van der Waals surface area contributed by atoms with Gasteiger partial charge >= 0.3 is 0 Å². The summed E-state index contributed by atoms with van der Waals surface area (Å²) in [6.45, 7) is 9.86. The maximum atomic E-state index is 12.0. The van der Waals surface area contributed by atoms with E-state index in [2.05, 4.69) is 19.2 Å². The number of hydrogen-bond donors (Lipinski definition) is 1. The Morgan fingerprint density at radius 1 is 1.29 bits per heavy atom. The average Bonchev–Trinajstić information content (AvgIpc) is 2.40. The number of nitrogens with one attached hydrogen (secondary N) is 1. The van der Waals surface area contributed by atoms with Crippen molar-refractivity contribution in [3.05, 3.63) is 29.3 Å². The van der Waals surface area contributed by atoms with Crippen molar-refractivity contribution in [2.24, 2.45) is 5.92 Å². The van der Waals surface area contributed by atoms with E-state index in [1.54, 1.807) is 25.9 Å². The molecule has 0 saturated carbocycles. The quantitative estimate of drug-likeness (QED) is 0.840. The SMILES string of the molecule is Cc1cccc(CNCC(C)C)c1OC(C)C(=O)N(C)C. The third-order valence-electron chi connectivity index (χ3n) is 3.24. The molecule has 1 N–H and O–H groups in total. The second-order valence-corrected chi connectivity index (χ2v) is 6.08. The minimum atomic E-state index is -0.482. The van der Waals surface area contributed by atoms with Crippen molar-refractivity contribution in [3.63, 3.8) is 0 Å². The Bertz CT molecular complexity index is 470. The van der Waals surface area contributed by atoms with E-state index in [1.807, 2.05) is 25.1 Å². The molecule has 0 aromatic heterocycles. The summed E-state index contributed by atoms with van der Waals surface area (Å²) < 4.78 is 5.93. The van der Waals surface area contributed by atoms with Gasteiger partial charge in [0.2, 0.25) is 0 Å². The molecular weight excluding hydrogens is 264 g/mol. The van der Waals surface area contributed by atoms with Gasteiger partial charge in [0.1, 0.15) is 5.75 Å². The summed E-state index contributed by atoms with van der Waals surface area (Å²) in [6, 6.07) is 6.07. The zero-order valence-corrected chi connectivity index (χ0v) is 14.1. The topological polar surface area (TPSA) is 41.6 Å². The first kappa shape index (κ1) is 17.5. The van der Waals surface area contributed by atoms with Crippen molar-refractivity contribution in [1.29, 1.82) is 0 Å². The van der Waals surface area contributed by atoms with Crippen LogP contribution in [-0.4, -0.2) is 37.6 Å². The third-order valence-corrected chi connectivity index (χ3v) is 3.24. The largest absolute Gasteiger partial charge is 0.480 e. The predicted molar refractivity (Wildman–Crippen MR) is 86.5 cm³/mol. The summed E-state index contributed by atoms with van der Waals surface area (Å²) in [6.07, 6.45) is -0.482. The summed E-state index contributed by atoms with van der Waals surface area (Å²) in [5, 5.41) is 3.42. The van der Waals surface area contributed by atoms with E-state index in [0.717, 1.165) is 30.0 Å². The van der Waals surface area contributed by atoms with Crippen molar-refractivity contribution < 1.29 is 9.53 Å². The molecule has 1 atom stereocenters. The van der Waals surface area contributed by atoms with Crippen LogP contribution in [0.5, 0.6) is 5.75 Å². The van der Waals surface area contributed by atoms with Crippen molar-refractivity contribution in [3.8, 4) is 5.75 Å². The van der Waals surface area contributed by atoms with Gasteiger partial charge in [-0.1, -0.05) is 32.0 Å². The van der Waals surface area contributed by atoms with Crippen molar-refractivity contribution in [2.45, 2.75) is 40.3 Å². The first-order valence-corrected chi connectivity index (χ1v) is 7.50. The number of likely N-dealkylation sites (N-methyl/N-ethyl adjacent to an activating group) is 1. The van der Waals surface area contributed by atoms with Gasteiger partial charge in [-0.05, 0) is 31.9 Å². The Hall–Kier alpha value is -1.55. The lowest BCUT2D eigenvalue weighted by molar-refractivity contribution is -0.135. The summed E-state index contributed by atoms with van der Waals surface area (Å²) in [4.78, 5) is 13.5. The molecule has 118 valence electrons. The van der Waals surface area contributed by atoms with E-state index in [-0.39, 0.29) is 5.91 Å². The van der Waals surface area contributed by atoms with E-state index < -0.39 is 6.10 Å². The normalized spacial score (nSPS) is 12.3. The highest BCUT2D eigenvalue weighted by molar-refractivity contribution is 5.80. The van der Waals surface area contributed by atoms with E-state index in [4.69, 9.17) is 4.74 Å². The molecule has 0 saturated heterocycles. The molecule has 0 bridgehead atoms. The van der Waals surface area contributed by atoms with Crippen molar-refractivity contribution in [2.75, 3.05) is 20.6 Å². The number of hydrogen-bond acceptors (Lipinski definition) is 3. The van der Waals surface area contributed by atoms with E-state index in [1.165, 1.54) is 0 Å². The molecule has 1 unspecified atom stereocenters. The number of carbonyl (C=O) groups excluding carboxylic acids is 1. The Morgan fingerprint density at radius 3 is 2.52 bits per heavy atom. The maximum Gasteiger partial charge on any atom is 0.262 e. The molecule has 4 nitrogen and oxygen atoms in total. The Kier molecular flexibility index (Phi) is 6.69. The summed E-state index contributed by atoms with van der Waals surface area (Å²) in [5.41, 5.74) is 2.14. The highest BCUT2D eigenvalue weighted by atomic mass is 16.5. The first-order valence-electron chi connectivity index (χ1n) is 7.50. The molecule has 1 rings (SSSR count). The monoisotopic (exact) mass is 292 g/mol. The molecule has 0 heterocycles. The Morgan fingerprint density at radius 2 is 1.95 bits per heavy atom. The molecule has 21 heavy (non-hydrogen) atoms. The van der Waals surface area contributed by atoms with Crippen LogP contribution in [0.1, 0.15) is 31.9 Å². The van der Waals surface area contributed by atoms with Crippen molar-refractivity contribution in [1.82, 2.24) is 10.2 Å². The molecule has 0 aliphatic heterocycles. The molecule has 4 heteroatoms.